The maximum absolute atomic E-state index is 14.1. The normalized spacial score (nSPS) is 10.8. The molecule has 0 fully saturated rings. The van der Waals surface area contributed by atoms with Crippen LogP contribution in [-0.4, -0.2) is 35.7 Å². The van der Waals surface area contributed by atoms with E-state index in [0.29, 0.717) is 15.9 Å². The lowest BCUT2D eigenvalue weighted by atomic mass is 10.0. The summed E-state index contributed by atoms with van der Waals surface area (Å²) in [4.78, 5) is 54.1. The van der Waals surface area contributed by atoms with Crippen molar-refractivity contribution < 1.29 is 23.9 Å². The van der Waals surface area contributed by atoms with Gasteiger partial charge < -0.3 is 4.74 Å². The van der Waals surface area contributed by atoms with Gasteiger partial charge in [-0.15, -0.1) is 0 Å². The first kappa shape index (κ1) is 24.8. The molecule has 0 aliphatic heterocycles. The van der Waals surface area contributed by atoms with Crippen LogP contribution in [0.4, 0.5) is 0 Å². The van der Waals surface area contributed by atoms with Crippen LogP contribution in [0.2, 0.25) is 0 Å². The van der Waals surface area contributed by atoms with Gasteiger partial charge in [-0.05, 0) is 22.8 Å². The molecule has 178 valence electrons. The maximum atomic E-state index is 14.1. The third-order valence-electron chi connectivity index (χ3n) is 5.81. The Hall–Kier alpha value is -4.34. The average Bonchev–Trinajstić information content (AvgIpc) is 2.96. The third kappa shape index (κ3) is 4.49. The zero-order valence-corrected chi connectivity index (χ0v) is 20.4. The Bertz CT molecular complexity index is 1360. The van der Waals surface area contributed by atoms with E-state index in [-0.39, 0.29) is 10.9 Å². The molecule has 4 aromatic rings. The summed E-state index contributed by atoms with van der Waals surface area (Å²) in [6, 6.07) is 35.2. The van der Waals surface area contributed by atoms with E-state index in [1.165, 1.54) is 12.1 Å². The van der Waals surface area contributed by atoms with Gasteiger partial charge in [0.2, 0.25) is 11.6 Å². The molecule has 0 aliphatic carbocycles. The maximum Gasteiger partial charge on any atom is 0.379 e. The second-order valence-electron chi connectivity index (χ2n) is 7.87. The number of ether oxygens (including phenoxy) is 1. The van der Waals surface area contributed by atoms with E-state index in [1.54, 1.807) is 54.6 Å². The molecule has 0 bridgehead atoms. The van der Waals surface area contributed by atoms with Gasteiger partial charge in [-0.2, -0.15) is 0 Å². The molecule has 4 rings (SSSR count). The molecule has 0 atom stereocenters. The topological polar surface area (TPSA) is 77.5 Å². The molecule has 0 spiro atoms. The Morgan fingerprint density at radius 1 is 0.528 bits per heavy atom. The predicted octanol–water partition coefficient (Wildman–Crippen LogP) is 3.35. The van der Waals surface area contributed by atoms with Gasteiger partial charge in [0.1, 0.15) is 0 Å². The highest BCUT2D eigenvalue weighted by Crippen LogP contribution is 2.46. The van der Waals surface area contributed by atoms with Crippen LogP contribution in [0.25, 0.3) is 0 Å². The minimum atomic E-state index is -3.32. The molecule has 0 amide bonds. The van der Waals surface area contributed by atoms with Crippen LogP contribution in [0.5, 0.6) is 0 Å². The number of carbonyl (C=O) groups is 4. The summed E-state index contributed by atoms with van der Waals surface area (Å²) in [5.41, 5.74) is 0.130. The Morgan fingerprint density at radius 3 is 1.25 bits per heavy atom. The van der Waals surface area contributed by atoms with Gasteiger partial charge in [0, 0.05) is 5.56 Å². The fourth-order valence-corrected chi connectivity index (χ4v) is 8.54. The molecule has 0 unspecified atom stereocenters. The molecule has 0 aromatic heterocycles. The van der Waals surface area contributed by atoms with E-state index >= 15 is 0 Å². The van der Waals surface area contributed by atoms with E-state index in [0.717, 1.165) is 7.11 Å². The van der Waals surface area contributed by atoms with Crippen molar-refractivity contribution in [3.8, 4) is 0 Å². The van der Waals surface area contributed by atoms with E-state index in [9.17, 15) is 19.2 Å². The lowest BCUT2D eigenvalue weighted by molar-refractivity contribution is -0.148. The molecule has 0 saturated heterocycles. The second kappa shape index (κ2) is 10.9. The molecule has 6 heteroatoms. The molecule has 0 heterocycles. The van der Waals surface area contributed by atoms with Crippen molar-refractivity contribution in [2.24, 2.45) is 0 Å². The summed E-state index contributed by atoms with van der Waals surface area (Å²) in [5, 5.41) is 1.59. The van der Waals surface area contributed by atoms with Gasteiger partial charge in [0.15, 0.2) is 0 Å². The number of benzene rings is 4. The largest absolute Gasteiger partial charge is 0.463 e. The van der Waals surface area contributed by atoms with E-state index in [4.69, 9.17) is 4.74 Å². The minimum absolute atomic E-state index is 0.130. The highest BCUT2D eigenvalue weighted by molar-refractivity contribution is 7.98. The predicted molar refractivity (Wildman–Crippen MR) is 143 cm³/mol. The summed E-state index contributed by atoms with van der Waals surface area (Å²) in [6.45, 7) is -3.32. The number of hydrogen-bond acceptors (Lipinski definition) is 5. The van der Waals surface area contributed by atoms with Gasteiger partial charge in [0.05, 0.1) is 12.4 Å². The average molecular weight is 494 g/mol. The minimum Gasteiger partial charge on any atom is -0.463 e. The van der Waals surface area contributed by atoms with Crippen LogP contribution in [0.1, 0.15) is 10.4 Å². The van der Waals surface area contributed by atoms with E-state index < -0.39 is 30.2 Å². The SMILES string of the molecule is COC(=O)C(=O)C(C(=O)C(=O)c1ccccc1)=P(c1ccccc1)(c1ccccc1)c1ccccc1. The van der Waals surface area contributed by atoms with Crippen LogP contribution < -0.4 is 15.9 Å². The molecule has 36 heavy (non-hydrogen) atoms. The summed E-state index contributed by atoms with van der Waals surface area (Å²) in [7, 11) is 1.08. The fraction of sp³-hybridized carbons (Fsp3) is 0.0333. The number of carbonyl (C=O) groups excluding carboxylic acids is 4. The van der Waals surface area contributed by atoms with Crippen molar-refractivity contribution in [1.29, 1.82) is 0 Å². The molecule has 5 nitrogen and oxygen atoms in total. The number of esters is 1. The quantitative estimate of drug-likeness (QED) is 0.123. The van der Waals surface area contributed by atoms with Gasteiger partial charge in [-0.1, -0.05) is 121 Å². The summed E-state index contributed by atoms with van der Waals surface area (Å²) < 4.78 is 4.78. The summed E-state index contributed by atoms with van der Waals surface area (Å²) in [6.07, 6.45) is 0. The monoisotopic (exact) mass is 494 g/mol. The highest BCUT2D eigenvalue weighted by atomic mass is 31.2. The Morgan fingerprint density at radius 2 is 0.889 bits per heavy atom. The first-order valence-corrected chi connectivity index (χ1v) is 13.0. The second-order valence-corrected chi connectivity index (χ2v) is 11.2. The van der Waals surface area contributed by atoms with Crippen LogP contribution in [0.15, 0.2) is 121 Å². The van der Waals surface area contributed by atoms with Crippen molar-refractivity contribution in [2.45, 2.75) is 0 Å². The van der Waals surface area contributed by atoms with Gasteiger partial charge >= 0.3 is 5.97 Å². The Kier molecular flexibility index (Phi) is 7.53. The van der Waals surface area contributed by atoms with Gasteiger partial charge in [-0.3, -0.25) is 14.4 Å². The van der Waals surface area contributed by atoms with Crippen molar-refractivity contribution in [2.75, 3.05) is 7.11 Å². The molecule has 0 saturated carbocycles. The smallest absolute Gasteiger partial charge is 0.379 e. The first-order valence-electron chi connectivity index (χ1n) is 11.2. The number of ketones is 3. The van der Waals surface area contributed by atoms with Crippen molar-refractivity contribution >= 4 is 51.4 Å². The lowest BCUT2D eigenvalue weighted by Gasteiger charge is -2.31. The van der Waals surface area contributed by atoms with Crippen molar-refractivity contribution in [3.63, 3.8) is 0 Å². The zero-order valence-electron chi connectivity index (χ0n) is 19.5. The number of Topliss-reactive ketones (excluding diaryl/α,β-unsaturated/α-hetero) is 3. The zero-order chi connectivity index (χ0) is 25.5. The highest BCUT2D eigenvalue weighted by Gasteiger charge is 2.41. The summed E-state index contributed by atoms with van der Waals surface area (Å²) in [5.74, 6) is -4.22. The number of hydrogen-bond donors (Lipinski definition) is 0. The van der Waals surface area contributed by atoms with Gasteiger partial charge in [-0.25, -0.2) is 4.79 Å². The molecule has 0 N–H and O–H groups in total. The van der Waals surface area contributed by atoms with Crippen LogP contribution in [0.3, 0.4) is 0 Å². The van der Waals surface area contributed by atoms with Crippen LogP contribution in [-0.2, 0) is 19.1 Å². The molecule has 4 aromatic carbocycles. The summed E-state index contributed by atoms with van der Waals surface area (Å²) >= 11 is 0. The molecular weight excluding hydrogens is 471 g/mol. The van der Waals surface area contributed by atoms with Crippen LogP contribution in [0, 0.1) is 0 Å². The Balaban J connectivity index is 2.25. The van der Waals surface area contributed by atoms with E-state index in [2.05, 4.69) is 0 Å². The van der Waals surface area contributed by atoms with Gasteiger partial charge in [0.25, 0.3) is 5.78 Å². The third-order valence-corrected chi connectivity index (χ3v) is 10.1. The van der Waals surface area contributed by atoms with Crippen LogP contribution >= 0.6 is 6.89 Å². The van der Waals surface area contributed by atoms with E-state index in [1.807, 2.05) is 54.6 Å². The first-order chi connectivity index (χ1) is 17.5. The number of rotatable bonds is 8. The fourth-order valence-electron chi connectivity index (χ4n) is 4.21. The lowest BCUT2D eigenvalue weighted by Crippen LogP contribution is -2.42. The standard InChI is InChI=1S/C30H23O5P/c1-35-30(34)28(33)29(27(32)26(31)22-14-6-2-7-15-22)36(23-16-8-3-9-17-23,24-18-10-4-11-19-24)25-20-12-5-13-21-25/h2-21H,1H3. The molecule has 0 aliphatic rings. The van der Waals surface area contributed by atoms with Crippen molar-refractivity contribution in [1.82, 2.24) is 0 Å². The Labute approximate surface area is 209 Å². The molecule has 0 radical (unpaired) electrons. The van der Waals surface area contributed by atoms with Crippen molar-refractivity contribution in [3.05, 3.63) is 127 Å². The number of methoxy groups -OCH3 is 1. The molecular formula is C30H23O5P.